The van der Waals surface area contributed by atoms with Gasteiger partial charge < -0.3 is 15.4 Å². The molecular weight excluding hydrogens is 430 g/mol. The van der Waals surface area contributed by atoms with Crippen LogP contribution >= 0.6 is 0 Å². The van der Waals surface area contributed by atoms with E-state index in [1.165, 1.54) is 11.4 Å². The van der Waals surface area contributed by atoms with Crippen LogP contribution in [0.4, 0.5) is 11.4 Å². The Morgan fingerprint density at radius 1 is 1.03 bits per heavy atom. The maximum atomic E-state index is 12.5. The number of carbonyl (C=O) groups excluding carboxylic acids is 2. The summed E-state index contributed by atoms with van der Waals surface area (Å²) >= 11 is 0. The quantitative estimate of drug-likeness (QED) is 0.471. The summed E-state index contributed by atoms with van der Waals surface area (Å²) in [6.07, 6.45) is 3.35. The third-order valence-electron chi connectivity index (χ3n) is 4.78. The van der Waals surface area contributed by atoms with Crippen LogP contribution in [0, 0.1) is 0 Å². The summed E-state index contributed by atoms with van der Waals surface area (Å²) in [7, 11) is -2.09. The number of para-hydroxylation sites is 3. The van der Waals surface area contributed by atoms with Gasteiger partial charge in [0.15, 0.2) is 0 Å². The third-order valence-corrected chi connectivity index (χ3v) is 5.96. The molecule has 0 atom stereocenters. The van der Waals surface area contributed by atoms with Gasteiger partial charge in [0.2, 0.25) is 15.9 Å². The molecule has 2 amide bonds. The number of ether oxygens (including phenoxy) is 1. The van der Waals surface area contributed by atoms with Crippen molar-refractivity contribution >= 4 is 33.2 Å². The van der Waals surface area contributed by atoms with Gasteiger partial charge in [-0.1, -0.05) is 37.6 Å². The molecule has 0 aromatic heterocycles. The number of anilines is 2. The normalized spacial score (nSPS) is 11.0. The first kappa shape index (κ1) is 25.2. The topological polar surface area (TPSA) is 105 Å². The van der Waals surface area contributed by atoms with Gasteiger partial charge in [-0.3, -0.25) is 13.9 Å². The first-order valence-corrected chi connectivity index (χ1v) is 12.4. The first-order valence-electron chi connectivity index (χ1n) is 10.6. The molecule has 0 unspecified atom stereocenters. The number of methoxy groups -OCH3 is 1. The predicted octanol–water partition coefficient (Wildman–Crippen LogP) is 3.41. The summed E-state index contributed by atoms with van der Waals surface area (Å²) in [6.45, 7) is 2.73. The van der Waals surface area contributed by atoms with E-state index in [2.05, 4.69) is 10.6 Å². The van der Waals surface area contributed by atoms with Crippen LogP contribution in [-0.2, 0) is 14.8 Å². The van der Waals surface area contributed by atoms with Crippen LogP contribution in [0.1, 0.15) is 43.0 Å². The van der Waals surface area contributed by atoms with Crippen molar-refractivity contribution in [3.8, 4) is 5.75 Å². The monoisotopic (exact) mass is 461 g/mol. The molecule has 2 aromatic carbocycles. The molecule has 0 bridgehead atoms. The zero-order chi connectivity index (χ0) is 23.6. The molecule has 0 radical (unpaired) electrons. The summed E-state index contributed by atoms with van der Waals surface area (Å²) in [5, 5.41) is 5.61. The summed E-state index contributed by atoms with van der Waals surface area (Å²) in [4.78, 5) is 24.9. The van der Waals surface area contributed by atoms with Crippen molar-refractivity contribution < 1.29 is 22.7 Å². The molecule has 0 heterocycles. The second kappa shape index (κ2) is 12.1. The van der Waals surface area contributed by atoms with E-state index >= 15 is 0 Å². The maximum Gasteiger partial charge on any atom is 0.253 e. The summed E-state index contributed by atoms with van der Waals surface area (Å²) in [5.41, 5.74) is 1.24. The number of amides is 2. The highest BCUT2D eigenvalue weighted by molar-refractivity contribution is 7.92. The zero-order valence-corrected chi connectivity index (χ0v) is 19.6. The molecule has 174 valence electrons. The van der Waals surface area contributed by atoms with Gasteiger partial charge in [0.1, 0.15) is 5.75 Å². The molecule has 32 heavy (non-hydrogen) atoms. The van der Waals surface area contributed by atoms with Crippen molar-refractivity contribution in [2.75, 3.05) is 36.1 Å². The van der Waals surface area contributed by atoms with Gasteiger partial charge in [-0.25, -0.2) is 8.42 Å². The van der Waals surface area contributed by atoms with Gasteiger partial charge in [-0.15, -0.1) is 0 Å². The van der Waals surface area contributed by atoms with Crippen molar-refractivity contribution in [2.45, 2.75) is 32.6 Å². The molecule has 0 fully saturated rings. The van der Waals surface area contributed by atoms with Gasteiger partial charge in [-0.05, 0) is 37.1 Å². The summed E-state index contributed by atoms with van der Waals surface area (Å²) in [6, 6.07) is 13.6. The van der Waals surface area contributed by atoms with E-state index in [-0.39, 0.29) is 24.8 Å². The number of rotatable bonds is 12. The van der Waals surface area contributed by atoms with E-state index in [4.69, 9.17) is 4.74 Å². The molecule has 2 aromatic rings. The molecule has 8 nitrogen and oxygen atoms in total. The molecule has 2 rings (SSSR count). The highest BCUT2D eigenvalue weighted by Gasteiger charge is 2.21. The molecule has 0 saturated carbocycles. The molecule has 2 N–H and O–H groups in total. The van der Waals surface area contributed by atoms with Crippen molar-refractivity contribution in [1.82, 2.24) is 5.32 Å². The van der Waals surface area contributed by atoms with E-state index in [9.17, 15) is 18.0 Å². The van der Waals surface area contributed by atoms with E-state index < -0.39 is 10.0 Å². The summed E-state index contributed by atoms with van der Waals surface area (Å²) in [5.74, 6) is -0.105. The molecule has 0 aliphatic heterocycles. The number of unbranched alkanes of at least 4 members (excludes halogenated alkanes) is 1. The van der Waals surface area contributed by atoms with Crippen molar-refractivity contribution in [3.05, 3.63) is 54.1 Å². The average Bonchev–Trinajstić information content (AvgIpc) is 2.76. The van der Waals surface area contributed by atoms with E-state index in [1.54, 1.807) is 48.5 Å². The largest absolute Gasteiger partial charge is 0.495 e. The predicted molar refractivity (Wildman–Crippen MR) is 127 cm³/mol. The minimum absolute atomic E-state index is 0.0902. The van der Waals surface area contributed by atoms with Gasteiger partial charge in [0, 0.05) is 19.5 Å². The SMILES string of the molecule is CCCCNC(=O)c1ccccc1NC(=O)CCCN(c1ccccc1OC)S(C)(=O)=O. The van der Waals surface area contributed by atoms with Crippen LogP contribution in [0.25, 0.3) is 0 Å². The number of benzene rings is 2. The number of hydrogen-bond acceptors (Lipinski definition) is 5. The summed E-state index contributed by atoms with van der Waals surface area (Å²) < 4.78 is 31.1. The lowest BCUT2D eigenvalue weighted by atomic mass is 10.1. The average molecular weight is 462 g/mol. The van der Waals surface area contributed by atoms with Crippen LogP contribution < -0.4 is 19.7 Å². The Bertz CT molecular complexity index is 1020. The molecule has 0 saturated heterocycles. The Morgan fingerprint density at radius 2 is 1.72 bits per heavy atom. The Labute approximate surface area is 190 Å². The highest BCUT2D eigenvalue weighted by atomic mass is 32.2. The Balaban J connectivity index is 2.01. The molecule has 0 aliphatic carbocycles. The second-order valence-electron chi connectivity index (χ2n) is 7.31. The van der Waals surface area contributed by atoms with Crippen molar-refractivity contribution in [3.63, 3.8) is 0 Å². The lowest BCUT2D eigenvalue weighted by molar-refractivity contribution is -0.116. The van der Waals surface area contributed by atoms with E-state index in [0.29, 0.717) is 35.7 Å². The van der Waals surface area contributed by atoms with Gasteiger partial charge >= 0.3 is 0 Å². The standard InChI is InChI=1S/C23H31N3O5S/c1-4-5-16-24-23(28)18-11-6-7-12-19(18)25-22(27)15-10-17-26(32(3,29)30)20-13-8-9-14-21(20)31-2/h6-9,11-14H,4-5,10,15-17H2,1-3H3,(H,24,28)(H,25,27). The smallest absolute Gasteiger partial charge is 0.253 e. The fourth-order valence-corrected chi connectivity index (χ4v) is 4.13. The van der Waals surface area contributed by atoms with Gasteiger partial charge in [0.05, 0.1) is 30.3 Å². The maximum absolute atomic E-state index is 12.5. The van der Waals surface area contributed by atoms with Crippen LogP contribution in [0.2, 0.25) is 0 Å². The lowest BCUT2D eigenvalue weighted by Gasteiger charge is -2.24. The van der Waals surface area contributed by atoms with E-state index in [0.717, 1.165) is 19.1 Å². The van der Waals surface area contributed by atoms with E-state index in [1.807, 2.05) is 6.92 Å². The Kier molecular flexibility index (Phi) is 9.52. The van der Waals surface area contributed by atoms with Crippen LogP contribution in [0.5, 0.6) is 5.75 Å². The van der Waals surface area contributed by atoms with Crippen LogP contribution in [-0.4, -0.2) is 46.7 Å². The third kappa shape index (κ3) is 7.26. The second-order valence-corrected chi connectivity index (χ2v) is 9.22. The van der Waals surface area contributed by atoms with Crippen LogP contribution in [0.15, 0.2) is 48.5 Å². The number of sulfonamides is 1. The molecule has 0 aliphatic rings. The Morgan fingerprint density at radius 3 is 2.41 bits per heavy atom. The minimum Gasteiger partial charge on any atom is -0.495 e. The fraction of sp³-hybridized carbons (Fsp3) is 0.391. The number of nitrogens with zero attached hydrogens (tertiary/aromatic N) is 1. The van der Waals surface area contributed by atoms with Gasteiger partial charge in [0.25, 0.3) is 5.91 Å². The number of carbonyl (C=O) groups is 2. The highest BCUT2D eigenvalue weighted by Crippen LogP contribution is 2.29. The molecule has 9 heteroatoms. The van der Waals surface area contributed by atoms with Crippen molar-refractivity contribution in [2.24, 2.45) is 0 Å². The van der Waals surface area contributed by atoms with Crippen LogP contribution in [0.3, 0.4) is 0 Å². The fourth-order valence-electron chi connectivity index (χ4n) is 3.16. The Hall–Kier alpha value is -3.07. The lowest BCUT2D eigenvalue weighted by Crippen LogP contribution is -2.32. The minimum atomic E-state index is -3.57. The molecule has 0 spiro atoms. The molecular formula is C23H31N3O5S. The zero-order valence-electron chi connectivity index (χ0n) is 18.8. The number of nitrogens with one attached hydrogen (secondary N) is 2. The first-order chi connectivity index (χ1) is 15.3. The number of hydrogen-bond donors (Lipinski definition) is 2. The van der Waals surface area contributed by atoms with Gasteiger partial charge in [-0.2, -0.15) is 0 Å². The van der Waals surface area contributed by atoms with Crippen molar-refractivity contribution in [1.29, 1.82) is 0 Å².